The van der Waals surface area contributed by atoms with Gasteiger partial charge < -0.3 is 14.5 Å². The molecule has 0 aliphatic rings. The van der Waals surface area contributed by atoms with Crippen LogP contribution in [0.3, 0.4) is 0 Å². The molecule has 29 heavy (non-hydrogen) atoms. The number of anilines is 1. The SMILES string of the molecule is CCOc1ccc(C(=O)Nc2cccc(-c3nc4cc(Cl)ccc4o3)c2C)cc1. The summed E-state index contributed by atoms with van der Waals surface area (Å²) in [7, 11) is 0. The van der Waals surface area contributed by atoms with Crippen molar-refractivity contribution in [3.63, 3.8) is 0 Å². The van der Waals surface area contributed by atoms with Gasteiger partial charge in [0.2, 0.25) is 5.89 Å². The summed E-state index contributed by atoms with van der Waals surface area (Å²) < 4.78 is 11.3. The van der Waals surface area contributed by atoms with Crippen molar-refractivity contribution in [2.75, 3.05) is 11.9 Å². The minimum Gasteiger partial charge on any atom is -0.494 e. The first-order valence-corrected chi connectivity index (χ1v) is 9.63. The Bertz CT molecular complexity index is 1180. The van der Waals surface area contributed by atoms with Crippen LogP contribution in [0.2, 0.25) is 5.02 Å². The van der Waals surface area contributed by atoms with E-state index in [1.165, 1.54) is 0 Å². The van der Waals surface area contributed by atoms with Crippen LogP contribution < -0.4 is 10.1 Å². The maximum absolute atomic E-state index is 12.7. The Hall–Kier alpha value is -3.31. The van der Waals surface area contributed by atoms with E-state index in [1.807, 2.05) is 32.0 Å². The fourth-order valence-electron chi connectivity index (χ4n) is 3.08. The van der Waals surface area contributed by atoms with Crippen LogP contribution in [0.25, 0.3) is 22.6 Å². The summed E-state index contributed by atoms with van der Waals surface area (Å²) in [5.41, 5.74) is 4.27. The minimum atomic E-state index is -0.197. The van der Waals surface area contributed by atoms with Crippen molar-refractivity contribution >= 4 is 34.3 Å². The second-order valence-electron chi connectivity index (χ2n) is 6.52. The molecule has 1 N–H and O–H groups in total. The molecule has 4 rings (SSSR count). The first kappa shape index (κ1) is 19.0. The Morgan fingerprint density at radius 3 is 2.69 bits per heavy atom. The highest BCUT2D eigenvalue weighted by atomic mass is 35.5. The normalized spacial score (nSPS) is 10.9. The van der Waals surface area contributed by atoms with Gasteiger partial charge in [-0.05, 0) is 74.0 Å². The van der Waals surface area contributed by atoms with E-state index >= 15 is 0 Å². The van der Waals surface area contributed by atoms with Crippen LogP contribution in [0.1, 0.15) is 22.8 Å². The maximum atomic E-state index is 12.7. The van der Waals surface area contributed by atoms with E-state index in [1.54, 1.807) is 42.5 Å². The van der Waals surface area contributed by atoms with Crippen molar-refractivity contribution < 1.29 is 13.9 Å². The van der Waals surface area contributed by atoms with Crippen LogP contribution in [0.15, 0.2) is 65.1 Å². The number of hydrogen-bond donors (Lipinski definition) is 1. The van der Waals surface area contributed by atoms with E-state index in [0.717, 1.165) is 16.9 Å². The Morgan fingerprint density at radius 2 is 1.93 bits per heavy atom. The molecule has 146 valence electrons. The first-order valence-electron chi connectivity index (χ1n) is 9.25. The van der Waals surface area contributed by atoms with Crippen molar-refractivity contribution in [3.8, 4) is 17.2 Å². The predicted molar refractivity (Wildman–Crippen MR) is 115 cm³/mol. The average molecular weight is 407 g/mol. The van der Waals surface area contributed by atoms with Gasteiger partial charge in [0.25, 0.3) is 5.91 Å². The highest BCUT2D eigenvalue weighted by Gasteiger charge is 2.15. The molecule has 4 aromatic rings. The molecule has 0 bridgehead atoms. The van der Waals surface area contributed by atoms with E-state index < -0.39 is 0 Å². The molecule has 0 aliphatic carbocycles. The zero-order valence-electron chi connectivity index (χ0n) is 16.0. The Morgan fingerprint density at radius 1 is 1.14 bits per heavy atom. The lowest BCUT2D eigenvalue weighted by Crippen LogP contribution is -2.13. The summed E-state index contributed by atoms with van der Waals surface area (Å²) in [4.78, 5) is 17.2. The van der Waals surface area contributed by atoms with Gasteiger partial charge in [0.1, 0.15) is 11.3 Å². The van der Waals surface area contributed by atoms with Crippen LogP contribution in [-0.2, 0) is 0 Å². The third-order valence-electron chi connectivity index (χ3n) is 4.59. The maximum Gasteiger partial charge on any atom is 0.255 e. The van der Waals surface area contributed by atoms with E-state index in [0.29, 0.717) is 39.9 Å². The first-order chi connectivity index (χ1) is 14.0. The Labute approximate surface area is 173 Å². The topological polar surface area (TPSA) is 64.4 Å². The zero-order chi connectivity index (χ0) is 20.4. The van der Waals surface area contributed by atoms with Crippen LogP contribution in [0.4, 0.5) is 5.69 Å². The van der Waals surface area contributed by atoms with Gasteiger partial charge in [-0.3, -0.25) is 4.79 Å². The van der Waals surface area contributed by atoms with Crippen LogP contribution in [-0.4, -0.2) is 17.5 Å². The van der Waals surface area contributed by atoms with Gasteiger partial charge in [-0.1, -0.05) is 17.7 Å². The molecule has 0 atom stereocenters. The standard InChI is InChI=1S/C23H19ClN2O3/c1-3-28-17-10-7-15(8-11-17)22(27)25-19-6-4-5-18(14(19)2)23-26-20-13-16(24)9-12-21(20)29-23/h4-13H,3H2,1-2H3,(H,25,27). The van der Waals surface area contributed by atoms with Gasteiger partial charge in [0, 0.05) is 21.8 Å². The summed E-state index contributed by atoms with van der Waals surface area (Å²) >= 11 is 6.04. The third-order valence-corrected chi connectivity index (χ3v) is 4.82. The van der Waals surface area contributed by atoms with E-state index in [9.17, 15) is 4.79 Å². The molecule has 0 saturated heterocycles. The van der Waals surface area contributed by atoms with Gasteiger partial charge in [0.15, 0.2) is 5.58 Å². The predicted octanol–water partition coefficient (Wildman–Crippen LogP) is 6.11. The molecule has 0 radical (unpaired) electrons. The number of nitrogens with one attached hydrogen (secondary N) is 1. The number of benzene rings is 3. The molecule has 1 amide bonds. The number of ether oxygens (including phenoxy) is 1. The molecule has 0 spiro atoms. The lowest BCUT2D eigenvalue weighted by Gasteiger charge is -2.11. The van der Waals surface area contributed by atoms with Gasteiger partial charge in [0.05, 0.1) is 6.61 Å². The second kappa shape index (κ2) is 7.97. The average Bonchev–Trinajstić information content (AvgIpc) is 3.13. The van der Waals surface area contributed by atoms with Crippen LogP contribution in [0.5, 0.6) is 5.75 Å². The Kier molecular flexibility index (Phi) is 5.23. The molecule has 3 aromatic carbocycles. The summed E-state index contributed by atoms with van der Waals surface area (Å²) in [6.07, 6.45) is 0. The number of halogens is 1. The van der Waals surface area contributed by atoms with Crippen molar-refractivity contribution in [2.45, 2.75) is 13.8 Å². The second-order valence-corrected chi connectivity index (χ2v) is 6.96. The van der Waals surface area contributed by atoms with Gasteiger partial charge in [-0.15, -0.1) is 0 Å². The monoisotopic (exact) mass is 406 g/mol. The molecular formula is C23H19ClN2O3. The molecule has 0 unspecified atom stereocenters. The fraction of sp³-hybridized carbons (Fsp3) is 0.130. The lowest BCUT2D eigenvalue weighted by molar-refractivity contribution is 0.102. The van der Waals surface area contributed by atoms with Crippen molar-refractivity contribution in [2.24, 2.45) is 0 Å². The number of fused-ring (bicyclic) bond motifs is 1. The number of carbonyl (C=O) groups excluding carboxylic acids is 1. The summed E-state index contributed by atoms with van der Waals surface area (Å²) in [5.74, 6) is 1.02. The molecular weight excluding hydrogens is 388 g/mol. The van der Waals surface area contributed by atoms with E-state index in [2.05, 4.69) is 10.3 Å². The molecule has 1 aromatic heterocycles. The summed E-state index contributed by atoms with van der Waals surface area (Å²) in [5, 5.41) is 3.56. The highest BCUT2D eigenvalue weighted by molar-refractivity contribution is 6.31. The Balaban J connectivity index is 1.61. The number of amides is 1. The quantitative estimate of drug-likeness (QED) is 0.434. The van der Waals surface area contributed by atoms with Crippen LogP contribution in [0, 0.1) is 6.92 Å². The van der Waals surface area contributed by atoms with Crippen LogP contribution >= 0.6 is 11.6 Å². The zero-order valence-corrected chi connectivity index (χ0v) is 16.8. The fourth-order valence-corrected chi connectivity index (χ4v) is 3.25. The molecule has 0 aliphatic heterocycles. The number of hydrogen-bond acceptors (Lipinski definition) is 4. The van der Waals surface area contributed by atoms with Crippen molar-refractivity contribution in [1.82, 2.24) is 4.98 Å². The highest BCUT2D eigenvalue weighted by Crippen LogP contribution is 2.31. The van der Waals surface area contributed by atoms with Gasteiger partial charge >= 0.3 is 0 Å². The number of aromatic nitrogens is 1. The number of oxazole rings is 1. The minimum absolute atomic E-state index is 0.197. The number of nitrogens with zero attached hydrogens (tertiary/aromatic N) is 1. The summed E-state index contributed by atoms with van der Waals surface area (Å²) in [6.45, 7) is 4.42. The number of carbonyl (C=O) groups is 1. The number of rotatable bonds is 5. The molecule has 5 nitrogen and oxygen atoms in total. The molecule has 0 saturated carbocycles. The lowest BCUT2D eigenvalue weighted by atomic mass is 10.1. The largest absolute Gasteiger partial charge is 0.494 e. The molecule has 0 fully saturated rings. The third kappa shape index (κ3) is 3.96. The van der Waals surface area contributed by atoms with Gasteiger partial charge in [-0.2, -0.15) is 0 Å². The van der Waals surface area contributed by atoms with Crippen molar-refractivity contribution in [1.29, 1.82) is 0 Å². The smallest absolute Gasteiger partial charge is 0.255 e. The molecule has 6 heteroatoms. The molecule has 1 heterocycles. The van der Waals surface area contributed by atoms with Gasteiger partial charge in [-0.25, -0.2) is 4.98 Å². The summed E-state index contributed by atoms with van der Waals surface area (Å²) in [6, 6.07) is 18.0. The van der Waals surface area contributed by atoms with Crippen molar-refractivity contribution in [3.05, 3.63) is 76.8 Å². The van der Waals surface area contributed by atoms with E-state index in [4.69, 9.17) is 20.8 Å². The van der Waals surface area contributed by atoms with E-state index in [-0.39, 0.29) is 5.91 Å².